The fraction of sp³-hybridized carbons (Fsp3) is 0.0667. The number of nitriles is 2. The van der Waals surface area contributed by atoms with Gasteiger partial charge < -0.3 is 4.40 Å². The third kappa shape index (κ3) is 3.92. The zero-order valence-corrected chi connectivity index (χ0v) is 33.1. The molecule has 63 heavy (non-hydrogen) atoms. The quantitative estimate of drug-likeness (QED) is 0.175. The maximum absolute atomic E-state index is 11.4. The minimum Gasteiger partial charge on any atom is -0.308 e. The molecule has 288 valence electrons. The molecular weight excluding hydrogens is 763 g/mol. The lowest BCUT2D eigenvalue weighted by atomic mass is 9.59. The van der Waals surface area contributed by atoms with Crippen LogP contribution >= 0.6 is 0 Å². The molecule has 0 amide bonds. The van der Waals surface area contributed by atoms with Crippen molar-refractivity contribution in [2.45, 2.75) is 23.7 Å². The van der Waals surface area contributed by atoms with Crippen LogP contribution in [0.2, 0.25) is 0 Å². The van der Waals surface area contributed by atoms with Crippen LogP contribution in [0.5, 0.6) is 0 Å². The first-order chi connectivity index (χ1) is 35.4. The van der Waals surface area contributed by atoms with Gasteiger partial charge in [0.1, 0.15) is 0 Å². The van der Waals surface area contributed by atoms with Crippen LogP contribution in [0.15, 0.2) is 176 Å². The van der Waals surface area contributed by atoms with Gasteiger partial charge in [0.05, 0.1) is 53.5 Å². The van der Waals surface area contributed by atoms with Crippen LogP contribution in [-0.4, -0.2) is 4.40 Å². The molecule has 17 rings (SSSR count). The van der Waals surface area contributed by atoms with Gasteiger partial charge in [0.2, 0.25) is 0 Å². The first-order valence-electron chi connectivity index (χ1n) is 26.1. The molecule has 0 radical (unpaired) electrons. The summed E-state index contributed by atoms with van der Waals surface area (Å²) in [5, 5.41) is 25.3. The average molecular weight is 806 g/mol. The van der Waals surface area contributed by atoms with E-state index >= 15 is 0 Å². The van der Waals surface area contributed by atoms with Gasteiger partial charge in [-0.25, -0.2) is 0 Å². The molecule has 0 fully saturated rings. The van der Waals surface area contributed by atoms with Gasteiger partial charge in [-0.3, -0.25) is 0 Å². The van der Waals surface area contributed by atoms with E-state index in [2.05, 4.69) is 60.7 Å². The van der Waals surface area contributed by atoms with Crippen molar-refractivity contribution in [2.24, 2.45) is 0 Å². The normalized spacial score (nSPS) is 20.3. The molecule has 0 saturated carbocycles. The Labute approximate surface area is 377 Å². The summed E-state index contributed by atoms with van der Waals surface area (Å²) < 4.78 is 93.9. The fourth-order valence-corrected chi connectivity index (χ4v) is 12.7. The minimum absolute atomic E-state index is 0.122. The van der Waals surface area contributed by atoms with E-state index in [1.54, 1.807) is 6.07 Å². The largest absolute Gasteiger partial charge is 0.308 e. The number of hydrogen-bond donors (Lipinski definition) is 0. The summed E-state index contributed by atoms with van der Waals surface area (Å²) in [6.45, 7) is 0. The summed E-state index contributed by atoms with van der Waals surface area (Å²) in [5.74, 6) is -1.50. The second-order valence-corrected chi connectivity index (χ2v) is 17.2. The minimum atomic E-state index is -0.579. The van der Waals surface area contributed by atoms with Gasteiger partial charge in [0, 0.05) is 45.2 Å². The van der Waals surface area contributed by atoms with Crippen LogP contribution in [0.1, 0.15) is 115 Å². The van der Waals surface area contributed by atoms with Crippen LogP contribution in [0, 0.1) is 22.7 Å². The third-order valence-corrected chi connectivity index (χ3v) is 14.7. The van der Waals surface area contributed by atoms with E-state index in [0.717, 1.165) is 66.8 Å². The van der Waals surface area contributed by atoms with Crippen molar-refractivity contribution < 1.29 is 13.7 Å². The zero-order chi connectivity index (χ0) is 49.9. The van der Waals surface area contributed by atoms with Crippen LogP contribution in [0.3, 0.4) is 0 Å². The summed E-state index contributed by atoms with van der Waals surface area (Å²) in [5.41, 5.74) is 14.6. The first-order valence-corrected chi connectivity index (χ1v) is 21.1. The predicted molar refractivity (Wildman–Crippen MR) is 251 cm³/mol. The molecule has 9 aromatic carbocycles. The molecule has 0 spiro atoms. The summed E-state index contributed by atoms with van der Waals surface area (Å²) in [6, 6.07) is 38.3. The summed E-state index contributed by atoms with van der Waals surface area (Å²) in [4.78, 5) is 0. The zero-order valence-electron chi connectivity index (χ0n) is 43.1. The monoisotopic (exact) mass is 805 g/mol. The second kappa shape index (κ2) is 11.8. The Balaban J connectivity index is 1.25. The van der Waals surface area contributed by atoms with E-state index in [4.69, 9.17) is 8.22 Å². The molecule has 0 N–H and O–H groups in total. The highest BCUT2D eigenvalue weighted by Gasteiger charge is 2.47. The molecule has 0 unspecified atom stereocenters. The molecule has 0 atom stereocenters. The smallest absolute Gasteiger partial charge is 0.0995 e. The van der Waals surface area contributed by atoms with Gasteiger partial charge >= 0.3 is 0 Å². The number of fused-ring (bicyclic) bond motifs is 6. The number of nitrogens with zero attached hydrogens (tertiary/aromatic N) is 3. The number of rotatable bonds is 2. The van der Waals surface area contributed by atoms with Gasteiger partial charge in [-0.05, 0) is 107 Å². The average Bonchev–Trinajstić information content (AvgIpc) is 3.96. The van der Waals surface area contributed by atoms with Gasteiger partial charge in [0.15, 0.2) is 0 Å². The lowest BCUT2D eigenvalue weighted by Gasteiger charge is -2.43. The maximum Gasteiger partial charge on any atom is 0.0995 e. The standard InChI is InChI=1S/C60H33N3/c61-30-34-27-46-56(58-48(34)50-36-19-7-11-23-40(36)52(58)41-24-12-8-20-37(41)50)54-44(32-15-3-1-4-16-32)29-45(33-17-5-2-6-18-33)55-57-47(63(46)60(54)55)28-35(31-62)49-51-38-21-9-13-25-42(38)53(59(49)57)43-26-14-10-22-39(43)51/h1-29,50-53H/i1D,2D,3D,4D,5D,6D,15D,16D,17D,18D. The predicted octanol–water partition coefficient (Wildman–Crippen LogP) is 13.9. The van der Waals surface area contributed by atoms with E-state index in [1.807, 2.05) is 65.1 Å². The van der Waals surface area contributed by atoms with Gasteiger partial charge in [-0.2, -0.15) is 10.5 Å². The Morgan fingerprint density at radius 3 is 1.03 bits per heavy atom. The van der Waals surface area contributed by atoms with Crippen molar-refractivity contribution in [1.82, 2.24) is 4.40 Å². The van der Waals surface area contributed by atoms with Gasteiger partial charge in [-0.1, -0.05) is 157 Å². The highest BCUT2D eigenvalue weighted by atomic mass is 14.9. The molecular formula is C60H33N3. The molecule has 6 aliphatic carbocycles. The van der Waals surface area contributed by atoms with Crippen molar-refractivity contribution in [3.63, 3.8) is 0 Å². The van der Waals surface area contributed by atoms with E-state index < -0.39 is 72.3 Å². The van der Waals surface area contributed by atoms with Crippen molar-refractivity contribution >= 4 is 38.1 Å². The Morgan fingerprint density at radius 2 is 0.714 bits per heavy atom. The SMILES string of the molecule is [2H]c1c([2H])c([2H])c(-c2cc(-c3c([2H])c([2H])c([2H])c([2H])c3[2H])c3c4c5c(c(C#N)cc4n4c6cc(C#N)c7c(c6c2c34)C2c3ccccc3C7c3ccccc32)C2c3ccccc3C5c3ccccc32)c([2H])c1[2H]. The van der Waals surface area contributed by atoms with Crippen molar-refractivity contribution in [3.05, 3.63) is 254 Å². The molecule has 4 bridgehead atoms. The van der Waals surface area contributed by atoms with Crippen molar-refractivity contribution in [3.8, 4) is 34.4 Å². The molecule has 2 heterocycles. The Morgan fingerprint density at radius 1 is 0.397 bits per heavy atom. The van der Waals surface area contributed by atoms with E-state index in [-0.39, 0.29) is 34.1 Å². The molecule has 3 nitrogen and oxygen atoms in total. The first kappa shape index (κ1) is 25.5. The van der Waals surface area contributed by atoms with Crippen LogP contribution in [0.4, 0.5) is 0 Å². The lowest BCUT2D eigenvalue weighted by Crippen LogP contribution is -2.28. The topological polar surface area (TPSA) is 52.0 Å². The number of hydrogen-bond acceptors (Lipinski definition) is 2. The molecule has 0 saturated heterocycles. The maximum atomic E-state index is 11.4. The van der Waals surface area contributed by atoms with E-state index in [0.29, 0.717) is 49.2 Å². The lowest BCUT2D eigenvalue weighted by molar-refractivity contribution is 0.758. The van der Waals surface area contributed by atoms with Gasteiger partial charge in [-0.15, -0.1) is 0 Å². The van der Waals surface area contributed by atoms with E-state index in [9.17, 15) is 16.0 Å². The molecule has 6 aliphatic rings. The second-order valence-electron chi connectivity index (χ2n) is 17.2. The number of benzene rings is 9. The van der Waals surface area contributed by atoms with Crippen LogP contribution in [0.25, 0.3) is 60.3 Å². The Kier molecular flexibility index (Phi) is 4.77. The third-order valence-electron chi connectivity index (χ3n) is 14.7. The molecule has 11 aromatic rings. The summed E-state index contributed by atoms with van der Waals surface area (Å²) >= 11 is 0. The van der Waals surface area contributed by atoms with Crippen molar-refractivity contribution in [1.29, 1.82) is 10.5 Å². The Hall–Kier alpha value is -8.24. The molecule has 2 aromatic heterocycles. The van der Waals surface area contributed by atoms with Crippen LogP contribution < -0.4 is 0 Å². The highest BCUT2D eigenvalue weighted by molar-refractivity contribution is 6.32. The molecule has 3 heteroatoms. The van der Waals surface area contributed by atoms with Gasteiger partial charge in [0.25, 0.3) is 0 Å². The van der Waals surface area contributed by atoms with E-state index in [1.165, 1.54) is 0 Å². The summed E-state index contributed by atoms with van der Waals surface area (Å²) in [7, 11) is 0. The Bertz CT molecular complexity index is 4140. The van der Waals surface area contributed by atoms with Crippen molar-refractivity contribution in [2.75, 3.05) is 0 Å². The highest BCUT2D eigenvalue weighted by Crippen LogP contribution is 2.63. The fourth-order valence-electron chi connectivity index (χ4n) is 12.7. The number of aromatic nitrogens is 1. The summed E-state index contributed by atoms with van der Waals surface area (Å²) in [6.07, 6.45) is 0. The molecule has 0 aliphatic heterocycles. The van der Waals surface area contributed by atoms with Crippen LogP contribution in [-0.2, 0) is 0 Å².